The van der Waals surface area contributed by atoms with E-state index < -0.39 is 38.9 Å². The van der Waals surface area contributed by atoms with Crippen molar-refractivity contribution in [3.8, 4) is 0 Å². The van der Waals surface area contributed by atoms with Gasteiger partial charge in [-0.15, -0.1) is 0 Å². The van der Waals surface area contributed by atoms with Crippen molar-refractivity contribution >= 4 is 46.2 Å². The SMILES string of the molecule is CN1CCC(S)([C@@H](NS(=O)(=O)c2ccc(Cl)cc2)C(=O)OC(=O)C(F)(F)F)CC1. The van der Waals surface area contributed by atoms with Gasteiger partial charge in [-0.25, -0.2) is 18.0 Å². The van der Waals surface area contributed by atoms with Gasteiger partial charge in [-0.05, 0) is 57.2 Å². The van der Waals surface area contributed by atoms with Crippen LogP contribution in [0.3, 0.4) is 0 Å². The number of sulfonamides is 1. The lowest BCUT2D eigenvalue weighted by Gasteiger charge is -2.41. The number of rotatable bonds is 5. The van der Waals surface area contributed by atoms with Crippen molar-refractivity contribution in [2.24, 2.45) is 0 Å². The molecule has 0 aliphatic carbocycles. The smallest absolute Gasteiger partial charge is 0.385 e. The number of esters is 2. The Bertz CT molecular complexity index is 870. The fraction of sp³-hybridized carbons (Fsp3) is 0.500. The van der Waals surface area contributed by atoms with Crippen LogP contribution in [-0.4, -0.2) is 62.4 Å². The van der Waals surface area contributed by atoms with E-state index in [4.69, 9.17) is 11.6 Å². The highest BCUT2D eigenvalue weighted by Gasteiger charge is 2.49. The van der Waals surface area contributed by atoms with Gasteiger partial charge in [-0.2, -0.15) is 30.5 Å². The summed E-state index contributed by atoms with van der Waals surface area (Å²) in [5, 5.41) is 0.261. The van der Waals surface area contributed by atoms with Crippen LogP contribution in [0, 0.1) is 0 Å². The van der Waals surface area contributed by atoms with Crippen LogP contribution in [0.25, 0.3) is 0 Å². The molecule has 0 bridgehead atoms. The maximum atomic E-state index is 12.7. The lowest BCUT2D eigenvalue weighted by molar-refractivity contribution is -0.202. The van der Waals surface area contributed by atoms with Gasteiger partial charge >= 0.3 is 18.1 Å². The van der Waals surface area contributed by atoms with E-state index in [1.807, 2.05) is 4.90 Å². The molecule has 13 heteroatoms. The van der Waals surface area contributed by atoms with Gasteiger partial charge in [0.15, 0.2) is 0 Å². The second-order valence-electron chi connectivity index (χ2n) is 6.62. The predicted octanol–water partition coefficient (Wildman–Crippen LogP) is 2.01. The third-order valence-corrected chi connectivity index (χ3v) is 6.84. The molecule has 1 atom stereocenters. The molecular weight excluding hydrogens is 457 g/mol. The molecule has 0 radical (unpaired) electrons. The Hall–Kier alpha value is -1.34. The molecular formula is C16H18ClF3N2O5S2. The van der Waals surface area contributed by atoms with E-state index in [1.165, 1.54) is 12.1 Å². The Balaban J connectivity index is 2.35. The zero-order valence-electron chi connectivity index (χ0n) is 15.1. The number of hydrogen-bond acceptors (Lipinski definition) is 7. The molecule has 0 unspecified atom stereocenters. The summed E-state index contributed by atoms with van der Waals surface area (Å²) in [6, 6.07) is 3.08. The largest absolute Gasteiger partial charge is 0.491 e. The fourth-order valence-electron chi connectivity index (χ4n) is 2.72. The van der Waals surface area contributed by atoms with Gasteiger partial charge in [-0.1, -0.05) is 11.6 Å². The molecule has 1 aromatic carbocycles. The standard InChI is InChI=1S/C16H18ClF3N2O5S2/c1-22-8-6-15(28,7-9-22)12(13(23)27-14(24)16(18,19)20)21-29(25,26)11-4-2-10(17)3-5-11/h2-5,12,21,28H,6-9H2,1H3/t12-/m0/s1. The number of piperidine rings is 1. The average molecular weight is 475 g/mol. The molecule has 0 amide bonds. The topological polar surface area (TPSA) is 92.8 Å². The van der Waals surface area contributed by atoms with Crippen LogP contribution in [0.15, 0.2) is 29.2 Å². The average Bonchev–Trinajstić information content (AvgIpc) is 2.62. The highest BCUT2D eigenvalue weighted by molar-refractivity contribution is 7.89. The number of alkyl halides is 3. The van der Waals surface area contributed by atoms with Gasteiger partial charge in [0.2, 0.25) is 10.0 Å². The minimum atomic E-state index is -5.41. The van der Waals surface area contributed by atoms with Gasteiger partial charge < -0.3 is 9.64 Å². The molecule has 1 N–H and O–H groups in total. The van der Waals surface area contributed by atoms with E-state index in [0.29, 0.717) is 13.1 Å². The molecule has 0 saturated carbocycles. The van der Waals surface area contributed by atoms with Gasteiger partial charge in [0, 0.05) is 9.77 Å². The van der Waals surface area contributed by atoms with Crippen molar-refractivity contribution in [1.82, 2.24) is 9.62 Å². The first-order chi connectivity index (χ1) is 13.2. The zero-order chi connectivity index (χ0) is 22.0. The van der Waals surface area contributed by atoms with Crippen LogP contribution in [0.2, 0.25) is 5.02 Å². The molecule has 7 nitrogen and oxygen atoms in total. The number of hydrogen-bond donors (Lipinski definition) is 2. The molecule has 1 aliphatic rings. The zero-order valence-corrected chi connectivity index (χ0v) is 17.5. The number of nitrogens with zero attached hydrogens (tertiary/aromatic N) is 1. The van der Waals surface area contributed by atoms with Gasteiger partial charge in [0.05, 0.1) is 4.90 Å². The molecule has 2 rings (SSSR count). The fourth-order valence-corrected chi connectivity index (χ4v) is 4.56. The molecule has 1 aliphatic heterocycles. The first kappa shape index (κ1) is 23.9. The van der Waals surface area contributed by atoms with E-state index in [1.54, 1.807) is 7.05 Å². The minimum absolute atomic E-state index is 0.162. The number of carbonyl (C=O) groups excluding carboxylic acids is 2. The number of ether oxygens (including phenoxy) is 1. The number of halogens is 4. The van der Waals surface area contributed by atoms with Gasteiger partial charge in [-0.3, -0.25) is 0 Å². The lowest BCUT2D eigenvalue weighted by atomic mass is 9.88. The van der Waals surface area contributed by atoms with E-state index in [-0.39, 0.29) is 22.8 Å². The predicted molar refractivity (Wildman–Crippen MR) is 101 cm³/mol. The van der Waals surface area contributed by atoms with E-state index in [2.05, 4.69) is 22.1 Å². The summed E-state index contributed by atoms with van der Waals surface area (Å²) in [5.41, 5.74) is 0. The summed E-state index contributed by atoms with van der Waals surface area (Å²) in [6.45, 7) is 0.812. The van der Waals surface area contributed by atoms with Crippen molar-refractivity contribution in [3.05, 3.63) is 29.3 Å². The van der Waals surface area contributed by atoms with E-state index in [0.717, 1.165) is 12.1 Å². The summed E-state index contributed by atoms with van der Waals surface area (Å²) in [6.07, 6.45) is -5.09. The van der Waals surface area contributed by atoms with Crippen LogP contribution in [0.1, 0.15) is 12.8 Å². The third kappa shape index (κ3) is 6.07. The molecule has 1 heterocycles. The summed E-state index contributed by atoms with van der Waals surface area (Å²) >= 11 is 10.1. The molecule has 1 aromatic rings. The van der Waals surface area contributed by atoms with Crippen molar-refractivity contribution in [2.45, 2.75) is 34.7 Å². The Labute approximate surface area is 176 Å². The van der Waals surface area contributed by atoms with Crippen molar-refractivity contribution in [2.75, 3.05) is 20.1 Å². The molecule has 1 saturated heterocycles. The number of nitrogens with one attached hydrogen (secondary N) is 1. The van der Waals surface area contributed by atoms with Crippen LogP contribution < -0.4 is 4.72 Å². The maximum Gasteiger partial charge on any atom is 0.491 e. The highest BCUT2D eigenvalue weighted by Crippen LogP contribution is 2.34. The Morgan fingerprint density at radius 2 is 1.76 bits per heavy atom. The number of likely N-dealkylation sites (tertiary alicyclic amines) is 1. The second-order valence-corrected chi connectivity index (χ2v) is 9.66. The Morgan fingerprint density at radius 3 is 2.24 bits per heavy atom. The lowest BCUT2D eigenvalue weighted by Crippen LogP contribution is -2.58. The highest BCUT2D eigenvalue weighted by atomic mass is 35.5. The molecule has 0 spiro atoms. The Morgan fingerprint density at radius 1 is 1.24 bits per heavy atom. The summed E-state index contributed by atoms with van der Waals surface area (Å²) in [7, 11) is -2.57. The van der Waals surface area contributed by atoms with Crippen molar-refractivity contribution in [1.29, 1.82) is 0 Å². The number of thiol groups is 1. The normalized spacial score (nSPS) is 18.8. The molecule has 29 heavy (non-hydrogen) atoms. The van der Waals surface area contributed by atoms with E-state index >= 15 is 0 Å². The van der Waals surface area contributed by atoms with Crippen LogP contribution >= 0.6 is 24.2 Å². The number of carbonyl (C=O) groups is 2. The molecule has 0 aromatic heterocycles. The van der Waals surface area contributed by atoms with Gasteiger partial charge in [0.1, 0.15) is 6.04 Å². The molecule has 162 valence electrons. The molecule has 1 fully saturated rings. The summed E-state index contributed by atoms with van der Waals surface area (Å²) in [5.74, 6) is -4.41. The summed E-state index contributed by atoms with van der Waals surface area (Å²) < 4.78 is 67.4. The first-order valence-corrected chi connectivity index (χ1v) is 10.6. The van der Waals surface area contributed by atoms with Crippen LogP contribution in [-0.2, 0) is 24.3 Å². The van der Waals surface area contributed by atoms with Crippen molar-refractivity contribution < 1.29 is 35.9 Å². The second kappa shape index (κ2) is 8.80. The van der Waals surface area contributed by atoms with Gasteiger partial charge in [0.25, 0.3) is 0 Å². The quantitative estimate of drug-likeness (QED) is 0.385. The van der Waals surface area contributed by atoms with Crippen molar-refractivity contribution in [3.63, 3.8) is 0 Å². The minimum Gasteiger partial charge on any atom is -0.385 e. The monoisotopic (exact) mass is 474 g/mol. The van der Waals surface area contributed by atoms with Crippen LogP contribution in [0.5, 0.6) is 0 Å². The number of benzene rings is 1. The van der Waals surface area contributed by atoms with E-state index in [9.17, 15) is 31.2 Å². The van der Waals surface area contributed by atoms with Crippen LogP contribution in [0.4, 0.5) is 13.2 Å². The third-order valence-electron chi connectivity index (χ3n) is 4.45. The summed E-state index contributed by atoms with van der Waals surface area (Å²) in [4.78, 5) is 25.1. The Kier molecular flexibility index (Phi) is 7.26. The first-order valence-electron chi connectivity index (χ1n) is 8.26. The maximum absolute atomic E-state index is 12.7.